The molecular formula is C21H12F6N4O. The molecule has 0 saturated heterocycles. The Labute approximate surface area is 176 Å². The summed E-state index contributed by atoms with van der Waals surface area (Å²) in [6.45, 7) is 0. The average molecular weight is 450 g/mol. The van der Waals surface area contributed by atoms with Crippen molar-refractivity contribution in [3.05, 3.63) is 83.2 Å². The van der Waals surface area contributed by atoms with Crippen molar-refractivity contribution in [2.45, 2.75) is 12.4 Å². The number of rotatable bonds is 4. The lowest BCUT2D eigenvalue weighted by atomic mass is 10.1. The molecule has 2 aromatic heterocycles. The Morgan fingerprint density at radius 2 is 0.969 bits per heavy atom. The van der Waals surface area contributed by atoms with Gasteiger partial charge in [0.2, 0.25) is 5.78 Å². The molecule has 4 aromatic rings. The van der Waals surface area contributed by atoms with E-state index in [9.17, 15) is 31.1 Å². The zero-order chi connectivity index (χ0) is 23.1. The third kappa shape index (κ3) is 4.27. The first-order chi connectivity index (χ1) is 15.0. The highest BCUT2D eigenvalue weighted by atomic mass is 19.4. The summed E-state index contributed by atoms with van der Waals surface area (Å²) in [7, 11) is 0. The number of halogens is 6. The number of hydrogen-bond donors (Lipinski definition) is 2. The van der Waals surface area contributed by atoms with Crippen LogP contribution in [-0.2, 0) is 12.4 Å². The van der Waals surface area contributed by atoms with Crippen LogP contribution in [0.4, 0.5) is 26.3 Å². The van der Waals surface area contributed by atoms with Crippen LogP contribution < -0.4 is 0 Å². The molecule has 0 spiro atoms. The van der Waals surface area contributed by atoms with Gasteiger partial charge in [-0.25, -0.2) is 0 Å². The number of carbonyl (C=O) groups is 1. The fourth-order valence-corrected chi connectivity index (χ4v) is 2.98. The molecule has 0 amide bonds. The minimum absolute atomic E-state index is 0.0579. The van der Waals surface area contributed by atoms with Crippen LogP contribution in [0.2, 0.25) is 0 Å². The zero-order valence-electron chi connectivity index (χ0n) is 15.8. The summed E-state index contributed by atoms with van der Waals surface area (Å²) in [5.74, 6) is -0.527. The number of carbonyl (C=O) groups excluding carboxylic acids is 1. The van der Waals surface area contributed by atoms with Crippen LogP contribution >= 0.6 is 0 Å². The Kier molecular flexibility index (Phi) is 5.11. The summed E-state index contributed by atoms with van der Waals surface area (Å²) >= 11 is 0. The van der Waals surface area contributed by atoms with E-state index in [4.69, 9.17) is 0 Å². The lowest BCUT2D eigenvalue weighted by Crippen LogP contribution is -2.04. The Morgan fingerprint density at radius 1 is 0.625 bits per heavy atom. The maximum Gasteiger partial charge on any atom is 0.416 e. The molecule has 32 heavy (non-hydrogen) atoms. The maximum atomic E-state index is 12.7. The average Bonchev–Trinajstić information content (AvgIpc) is 3.43. The van der Waals surface area contributed by atoms with Crippen molar-refractivity contribution >= 4 is 5.78 Å². The number of ketones is 1. The summed E-state index contributed by atoms with van der Waals surface area (Å²) in [6.07, 6.45) is -8.92. The van der Waals surface area contributed by atoms with E-state index < -0.39 is 29.3 Å². The summed E-state index contributed by atoms with van der Waals surface area (Å²) in [5, 5.41) is 13.0. The highest BCUT2D eigenvalue weighted by Crippen LogP contribution is 2.32. The number of nitrogens with zero attached hydrogens (tertiary/aromatic N) is 2. The van der Waals surface area contributed by atoms with Gasteiger partial charge in [0.1, 0.15) is 11.4 Å². The van der Waals surface area contributed by atoms with Crippen molar-refractivity contribution in [3.8, 4) is 22.5 Å². The van der Waals surface area contributed by atoms with Gasteiger partial charge in [0.05, 0.1) is 22.5 Å². The number of alkyl halides is 6. The predicted octanol–water partition coefficient (Wildman–Crippen LogP) is 5.74. The number of nitrogens with one attached hydrogen (secondary N) is 2. The Hall–Kier alpha value is -3.89. The Morgan fingerprint density at radius 3 is 1.28 bits per heavy atom. The fraction of sp³-hybridized carbons (Fsp3) is 0.0952. The van der Waals surface area contributed by atoms with E-state index in [2.05, 4.69) is 20.4 Å². The number of aromatic nitrogens is 4. The molecule has 4 rings (SSSR count). The lowest BCUT2D eigenvalue weighted by molar-refractivity contribution is -0.138. The van der Waals surface area contributed by atoms with Crippen LogP contribution in [0.1, 0.15) is 27.3 Å². The van der Waals surface area contributed by atoms with Gasteiger partial charge >= 0.3 is 12.4 Å². The second-order valence-electron chi connectivity index (χ2n) is 6.81. The molecular weight excluding hydrogens is 438 g/mol. The summed E-state index contributed by atoms with van der Waals surface area (Å²) < 4.78 is 76.1. The lowest BCUT2D eigenvalue weighted by Gasteiger charge is -2.06. The van der Waals surface area contributed by atoms with Gasteiger partial charge in [-0.1, -0.05) is 24.3 Å². The van der Waals surface area contributed by atoms with E-state index in [1.54, 1.807) is 0 Å². The molecule has 2 heterocycles. The largest absolute Gasteiger partial charge is 0.416 e. The van der Waals surface area contributed by atoms with E-state index >= 15 is 0 Å². The first-order valence-electron chi connectivity index (χ1n) is 9.03. The van der Waals surface area contributed by atoms with Gasteiger partial charge in [-0.15, -0.1) is 0 Å². The molecule has 0 fully saturated rings. The van der Waals surface area contributed by atoms with Gasteiger partial charge in [-0.3, -0.25) is 15.0 Å². The van der Waals surface area contributed by atoms with Gasteiger partial charge < -0.3 is 0 Å². The second-order valence-corrected chi connectivity index (χ2v) is 6.81. The van der Waals surface area contributed by atoms with Crippen molar-refractivity contribution < 1.29 is 31.1 Å². The predicted molar refractivity (Wildman–Crippen MR) is 101 cm³/mol. The molecule has 5 nitrogen and oxygen atoms in total. The van der Waals surface area contributed by atoms with E-state index in [1.165, 1.54) is 36.4 Å². The number of aromatic amines is 2. The van der Waals surface area contributed by atoms with Crippen molar-refractivity contribution in [3.63, 3.8) is 0 Å². The third-order valence-corrected chi connectivity index (χ3v) is 4.66. The van der Waals surface area contributed by atoms with Crippen LogP contribution in [0.25, 0.3) is 22.5 Å². The highest BCUT2D eigenvalue weighted by Gasteiger charge is 2.31. The highest BCUT2D eigenvalue weighted by molar-refractivity contribution is 6.07. The number of benzene rings is 2. The summed E-state index contributed by atoms with van der Waals surface area (Å²) in [6, 6.07) is 11.4. The number of hydrogen-bond acceptors (Lipinski definition) is 3. The molecule has 164 valence electrons. The van der Waals surface area contributed by atoms with Crippen LogP contribution in [0, 0.1) is 0 Å². The van der Waals surface area contributed by atoms with E-state index in [0.29, 0.717) is 11.1 Å². The SMILES string of the molecule is O=C(c1cc(-c2ccc(C(F)(F)F)cc2)n[nH]1)c1cc(-c2ccc(C(F)(F)F)cc2)n[nH]1. The van der Waals surface area contributed by atoms with E-state index in [-0.39, 0.29) is 22.8 Å². The summed E-state index contributed by atoms with van der Waals surface area (Å²) in [5.41, 5.74) is -0.200. The van der Waals surface area contributed by atoms with Crippen LogP contribution in [0.3, 0.4) is 0 Å². The van der Waals surface area contributed by atoms with Gasteiger partial charge in [0.15, 0.2) is 0 Å². The first kappa shape index (κ1) is 21.3. The normalized spacial score (nSPS) is 12.2. The van der Waals surface area contributed by atoms with E-state index in [1.807, 2.05) is 0 Å². The molecule has 0 aliphatic carbocycles. The molecule has 0 bridgehead atoms. The van der Waals surface area contributed by atoms with Gasteiger partial charge in [-0.05, 0) is 36.4 Å². The Balaban J connectivity index is 1.53. The van der Waals surface area contributed by atoms with Crippen LogP contribution in [-0.4, -0.2) is 26.2 Å². The Bertz CT molecular complexity index is 1150. The third-order valence-electron chi connectivity index (χ3n) is 4.66. The first-order valence-corrected chi connectivity index (χ1v) is 9.03. The molecule has 0 atom stereocenters. The van der Waals surface area contributed by atoms with Crippen molar-refractivity contribution in [1.29, 1.82) is 0 Å². The van der Waals surface area contributed by atoms with Gasteiger partial charge in [0, 0.05) is 11.1 Å². The van der Waals surface area contributed by atoms with Gasteiger partial charge in [-0.2, -0.15) is 36.5 Å². The quantitative estimate of drug-likeness (QED) is 0.308. The molecule has 0 aliphatic heterocycles. The molecule has 0 radical (unpaired) electrons. The molecule has 0 unspecified atom stereocenters. The molecule has 2 aromatic carbocycles. The minimum Gasteiger partial charge on any atom is -0.285 e. The summed E-state index contributed by atoms with van der Waals surface area (Å²) in [4.78, 5) is 12.7. The topological polar surface area (TPSA) is 74.4 Å². The minimum atomic E-state index is -4.46. The standard InChI is InChI=1S/C21H12F6N4O/c22-20(23,24)13-5-1-11(2-6-13)15-9-17(30-28-15)19(32)18-10-16(29-31-18)12-3-7-14(8-4-12)21(25,26)27/h1-10H,(H,28,30)(H,29,31). The van der Waals surface area contributed by atoms with E-state index in [0.717, 1.165) is 24.3 Å². The molecule has 0 aliphatic rings. The second kappa shape index (κ2) is 7.66. The zero-order valence-corrected chi connectivity index (χ0v) is 15.8. The van der Waals surface area contributed by atoms with Gasteiger partial charge in [0.25, 0.3) is 0 Å². The molecule has 11 heteroatoms. The van der Waals surface area contributed by atoms with Crippen LogP contribution in [0.15, 0.2) is 60.7 Å². The van der Waals surface area contributed by atoms with Crippen molar-refractivity contribution in [1.82, 2.24) is 20.4 Å². The van der Waals surface area contributed by atoms with Crippen LogP contribution in [0.5, 0.6) is 0 Å². The van der Waals surface area contributed by atoms with Crippen molar-refractivity contribution in [2.24, 2.45) is 0 Å². The number of H-pyrrole nitrogens is 2. The van der Waals surface area contributed by atoms with Crippen molar-refractivity contribution in [2.75, 3.05) is 0 Å². The molecule has 0 saturated carbocycles. The maximum absolute atomic E-state index is 12.7. The smallest absolute Gasteiger partial charge is 0.285 e. The molecule has 2 N–H and O–H groups in total. The fourth-order valence-electron chi connectivity index (χ4n) is 2.98. The monoisotopic (exact) mass is 450 g/mol.